The summed E-state index contributed by atoms with van der Waals surface area (Å²) in [6, 6.07) is 28.7. The van der Waals surface area contributed by atoms with Crippen LogP contribution in [0.4, 0.5) is 0 Å². The molecule has 0 radical (unpaired) electrons. The molecular formula is C31H37N5O. The normalized spacial score (nSPS) is 12.3. The SMILES string of the molecule is Cc1cccc(CN(Cc2ccccc2)CC(O)CN(Cc2cccc(C)n2)Cc2cccc(C)n2)n1. The fourth-order valence-corrected chi connectivity index (χ4v) is 4.62. The minimum atomic E-state index is -0.553. The molecule has 0 spiro atoms. The van der Waals surface area contributed by atoms with Gasteiger partial charge in [-0.1, -0.05) is 48.5 Å². The van der Waals surface area contributed by atoms with Gasteiger partial charge >= 0.3 is 0 Å². The number of pyridine rings is 3. The molecular weight excluding hydrogens is 458 g/mol. The monoisotopic (exact) mass is 495 g/mol. The highest BCUT2D eigenvalue weighted by atomic mass is 16.3. The molecule has 3 heterocycles. The smallest absolute Gasteiger partial charge is 0.0794 e. The number of rotatable bonds is 12. The van der Waals surface area contributed by atoms with E-state index in [0.29, 0.717) is 32.7 Å². The zero-order chi connectivity index (χ0) is 26.0. The van der Waals surface area contributed by atoms with Crippen molar-refractivity contribution in [3.05, 3.63) is 125 Å². The Balaban J connectivity index is 1.49. The summed E-state index contributed by atoms with van der Waals surface area (Å²) >= 11 is 0. The molecule has 0 fully saturated rings. The Labute approximate surface area is 220 Å². The van der Waals surface area contributed by atoms with E-state index in [0.717, 1.165) is 40.7 Å². The molecule has 0 aliphatic carbocycles. The standard InChI is InChI=1S/C31H37N5O/c1-24-10-7-15-28(32-24)19-35(18-27-13-5-4-6-14-27)22-31(37)23-36(20-29-16-8-11-25(2)33-29)21-30-17-9-12-26(3)34-30/h4-17,31,37H,18-23H2,1-3H3. The van der Waals surface area contributed by atoms with Crippen molar-refractivity contribution in [1.29, 1.82) is 0 Å². The van der Waals surface area contributed by atoms with Crippen molar-refractivity contribution in [2.24, 2.45) is 0 Å². The van der Waals surface area contributed by atoms with Crippen LogP contribution in [0.25, 0.3) is 0 Å². The third kappa shape index (κ3) is 8.86. The molecule has 0 aliphatic heterocycles. The number of aromatic nitrogens is 3. The van der Waals surface area contributed by atoms with Gasteiger partial charge in [-0.15, -0.1) is 0 Å². The van der Waals surface area contributed by atoms with E-state index in [4.69, 9.17) is 15.0 Å². The summed E-state index contributed by atoms with van der Waals surface area (Å²) in [5.41, 5.74) is 7.19. The number of benzene rings is 1. The molecule has 1 aromatic carbocycles. The minimum absolute atomic E-state index is 0.512. The van der Waals surface area contributed by atoms with E-state index in [9.17, 15) is 5.11 Å². The van der Waals surface area contributed by atoms with Crippen molar-refractivity contribution in [2.75, 3.05) is 13.1 Å². The first kappa shape index (κ1) is 26.6. The molecule has 37 heavy (non-hydrogen) atoms. The van der Waals surface area contributed by atoms with Crippen LogP contribution < -0.4 is 0 Å². The van der Waals surface area contributed by atoms with Gasteiger partial charge in [0.05, 0.1) is 23.2 Å². The Kier molecular flexibility index (Phi) is 9.49. The maximum absolute atomic E-state index is 11.3. The molecule has 192 valence electrons. The number of aliphatic hydroxyl groups is 1. The van der Waals surface area contributed by atoms with Crippen LogP contribution in [0.15, 0.2) is 84.9 Å². The van der Waals surface area contributed by atoms with Crippen LogP contribution in [0.3, 0.4) is 0 Å². The van der Waals surface area contributed by atoms with Gasteiger partial charge in [0, 0.05) is 56.4 Å². The van der Waals surface area contributed by atoms with Crippen molar-refractivity contribution in [3.63, 3.8) is 0 Å². The van der Waals surface area contributed by atoms with E-state index in [-0.39, 0.29) is 0 Å². The van der Waals surface area contributed by atoms with Gasteiger partial charge in [-0.2, -0.15) is 0 Å². The molecule has 1 N–H and O–H groups in total. The summed E-state index contributed by atoms with van der Waals surface area (Å²) < 4.78 is 0. The lowest BCUT2D eigenvalue weighted by molar-refractivity contribution is 0.0619. The maximum Gasteiger partial charge on any atom is 0.0794 e. The summed E-state index contributed by atoms with van der Waals surface area (Å²) in [7, 11) is 0. The Morgan fingerprint density at radius 1 is 0.541 bits per heavy atom. The molecule has 0 bridgehead atoms. The van der Waals surface area contributed by atoms with Gasteiger partial charge in [0.2, 0.25) is 0 Å². The molecule has 4 aromatic rings. The average Bonchev–Trinajstić information content (AvgIpc) is 2.84. The number of nitrogens with zero attached hydrogens (tertiary/aromatic N) is 5. The molecule has 0 saturated heterocycles. The zero-order valence-corrected chi connectivity index (χ0v) is 22.1. The molecule has 1 unspecified atom stereocenters. The topological polar surface area (TPSA) is 65.4 Å². The van der Waals surface area contributed by atoms with Gasteiger partial charge in [0.1, 0.15) is 0 Å². The maximum atomic E-state index is 11.3. The van der Waals surface area contributed by atoms with Crippen molar-refractivity contribution in [2.45, 2.75) is 53.1 Å². The van der Waals surface area contributed by atoms with Gasteiger partial charge < -0.3 is 5.11 Å². The number of aliphatic hydroxyl groups excluding tert-OH is 1. The molecule has 0 amide bonds. The average molecular weight is 496 g/mol. The largest absolute Gasteiger partial charge is 0.390 e. The molecule has 6 nitrogen and oxygen atoms in total. The molecule has 4 rings (SSSR count). The van der Waals surface area contributed by atoms with Crippen molar-refractivity contribution in [3.8, 4) is 0 Å². The number of hydrogen-bond donors (Lipinski definition) is 1. The molecule has 3 aromatic heterocycles. The highest BCUT2D eigenvalue weighted by Crippen LogP contribution is 2.13. The van der Waals surface area contributed by atoms with E-state index in [1.807, 2.05) is 75.4 Å². The van der Waals surface area contributed by atoms with Crippen LogP contribution in [0.5, 0.6) is 0 Å². The fraction of sp³-hybridized carbons (Fsp3) is 0.323. The first-order valence-corrected chi connectivity index (χ1v) is 12.9. The first-order chi connectivity index (χ1) is 17.9. The van der Waals surface area contributed by atoms with E-state index in [1.165, 1.54) is 5.56 Å². The highest BCUT2D eigenvalue weighted by Gasteiger charge is 2.19. The summed E-state index contributed by atoms with van der Waals surface area (Å²) in [4.78, 5) is 18.6. The van der Waals surface area contributed by atoms with Crippen LogP contribution in [0, 0.1) is 20.8 Å². The Hall–Kier alpha value is -3.45. The van der Waals surface area contributed by atoms with Crippen LogP contribution in [0.1, 0.15) is 39.7 Å². The van der Waals surface area contributed by atoms with Crippen LogP contribution in [-0.2, 0) is 26.2 Å². The van der Waals surface area contributed by atoms with Gasteiger partial charge in [0.25, 0.3) is 0 Å². The second-order valence-corrected chi connectivity index (χ2v) is 9.79. The first-order valence-electron chi connectivity index (χ1n) is 12.9. The summed E-state index contributed by atoms with van der Waals surface area (Å²) in [5.74, 6) is 0. The van der Waals surface area contributed by atoms with E-state index < -0.39 is 6.10 Å². The zero-order valence-electron chi connectivity index (χ0n) is 22.1. The Morgan fingerprint density at radius 3 is 1.35 bits per heavy atom. The van der Waals surface area contributed by atoms with Crippen molar-refractivity contribution < 1.29 is 5.11 Å². The lowest BCUT2D eigenvalue weighted by Crippen LogP contribution is -2.40. The number of hydrogen-bond acceptors (Lipinski definition) is 6. The summed E-state index contributed by atoms with van der Waals surface area (Å²) in [6.07, 6.45) is -0.553. The lowest BCUT2D eigenvalue weighted by atomic mass is 10.1. The Bertz CT molecular complexity index is 1220. The van der Waals surface area contributed by atoms with E-state index in [2.05, 4.69) is 40.1 Å². The molecule has 6 heteroatoms. The lowest BCUT2D eigenvalue weighted by Gasteiger charge is -2.29. The van der Waals surface area contributed by atoms with Gasteiger partial charge in [-0.25, -0.2) is 0 Å². The third-order valence-electron chi connectivity index (χ3n) is 6.18. The predicted molar refractivity (Wildman–Crippen MR) is 148 cm³/mol. The van der Waals surface area contributed by atoms with Crippen molar-refractivity contribution >= 4 is 0 Å². The van der Waals surface area contributed by atoms with Crippen molar-refractivity contribution in [1.82, 2.24) is 24.8 Å². The highest BCUT2D eigenvalue weighted by molar-refractivity contribution is 5.16. The molecule has 0 saturated carbocycles. The van der Waals surface area contributed by atoms with E-state index in [1.54, 1.807) is 0 Å². The minimum Gasteiger partial charge on any atom is -0.390 e. The van der Waals surface area contributed by atoms with Gasteiger partial charge in [-0.05, 0) is 62.7 Å². The van der Waals surface area contributed by atoms with Gasteiger partial charge in [-0.3, -0.25) is 24.8 Å². The second-order valence-electron chi connectivity index (χ2n) is 9.79. The van der Waals surface area contributed by atoms with Crippen LogP contribution in [-0.4, -0.2) is 49.1 Å². The predicted octanol–water partition coefficient (Wildman–Crippen LogP) is 4.86. The van der Waals surface area contributed by atoms with E-state index >= 15 is 0 Å². The van der Waals surface area contributed by atoms with Crippen LogP contribution >= 0.6 is 0 Å². The fourth-order valence-electron chi connectivity index (χ4n) is 4.62. The van der Waals surface area contributed by atoms with Crippen LogP contribution in [0.2, 0.25) is 0 Å². The van der Waals surface area contributed by atoms with Gasteiger partial charge in [0.15, 0.2) is 0 Å². The molecule has 0 aliphatic rings. The Morgan fingerprint density at radius 2 is 0.946 bits per heavy atom. The summed E-state index contributed by atoms with van der Waals surface area (Å²) in [6.45, 7) is 9.77. The third-order valence-corrected chi connectivity index (χ3v) is 6.18. The number of aryl methyl sites for hydroxylation is 3. The quantitative estimate of drug-likeness (QED) is 0.303. The summed E-state index contributed by atoms with van der Waals surface area (Å²) in [5, 5.41) is 11.3. The second kappa shape index (κ2) is 13.2. The molecule has 1 atom stereocenters.